The van der Waals surface area contributed by atoms with Crippen LogP contribution in [0.15, 0.2) is 0 Å². The summed E-state index contributed by atoms with van der Waals surface area (Å²) in [5, 5.41) is 10.6. The minimum Gasteiger partial charge on any atom is -0.462 e. The standard InChI is InChI=1S/C78H152O17P2/c1-8-10-11-12-13-14-15-16-17-18-21-24-27-32-37-45-52-59-75(80)88-65-73(94-77(82)61-54-47-38-33-28-25-22-19-20-23-26-30-35-42-49-56-69(3)4)67-92-96(84,85)90-63-72(79)64-91-97(86,87)93-68-74(66-89-76(81)60-53-46-41-40-44-51-58-71(7)9-2)95-78(83)62-55-48-39-34-29-31-36-43-50-57-70(5)6/h69-74,79H,8-68H2,1-7H3,(H,84,85)(H,86,87)/t71?,72-,73-,74-/m1/s1. The van der Waals surface area contributed by atoms with Gasteiger partial charge in [0.2, 0.25) is 0 Å². The Labute approximate surface area is 594 Å². The fraction of sp³-hybridized carbons (Fsp3) is 0.949. The Morgan fingerprint density at radius 1 is 0.299 bits per heavy atom. The molecule has 0 amide bonds. The molecule has 3 N–H and O–H groups in total. The summed E-state index contributed by atoms with van der Waals surface area (Å²) in [6.45, 7) is 11.9. The van der Waals surface area contributed by atoms with E-state index in [1.807, 2.05) is 0 Å². The molecule has 0 spiro atoms. The molecule has 0 saturated carbocycles. The lowest BCUT2D eigenvalue weighted by Gasteiger charge is -2.21. The number of carbonyl (C=O) groups is 4. The first kappa shape index (κ1) is 95.1. The molecule has 6 atom stereocenters. The Bertz CT molecular complexity index is 1890. The van der Waals surface area contributed by atoms with E-state index in [0.29, 0.717) is 25.7 Å². The van der Waals surface area contributed by atoms with E-state index in [9.17, 15) is 43.2 Å². The molecule has 0 radical (unpaired) electrons. The molecule has 0 bridgehead atoms. The number of phosphoric ester groups is 2. The van der Waals surface area contributed by atoms with Gasteiger partial charge in [0.05, 0.1) is 26.4 Å². The zero-order chi connectivity index (χ0) is 71.6. The molecule has 0 rings (SSSR count). The number of aliphatic hydroxyl groups is 1. The fourth-order valence-corrected chi connectivity index (χ4v) is 13.5. The van der Waals surface area contributed by atoms with E-state index in [2.05, 4.69) is 48.5 Å². The molecule has 3 unspecified atom stereocenters. The van der Waals surface area contributed by atoms with Gasteiger partial charge in [-0.3, -0.25) is 37.3 Å². The van der Waals surface area contributed by atoms with Crippen LogP contribution in [0.4, 0.5) is 0 Å². The predicted octanol–water partition coefficient (Wildman–Crippen LogP) is 23.0. The highest BCUT2D eigenvalue weighted by molar-refractivity contribution is 7.47. The van der Waals surface area contributed by atoms with Crippen LogP contribution in [0.3, 0.4) is 0 Å². The number of carbonyl (C=O) groups excluding carboxylic acids is 4. The summed E-state index contributed by atoms with van der Waals surface area (Å²) in [5.41, 5.74) is 0. The number of hydrogen-bond acceptors (Lipinski definition) is 15. The van der Waals surface area contributed by atoms with E-state index in [4.69, 9.17) is 37.0 Å². The first-order valence-electron chi connectivity index (χ1n) is 40.4. The largest absolute Gasteiger partial charge is 0.472 e. The molecule has 0 heterocycles. The Balaban J connectivity index is 5.24. The minimum atomic E-state index is -4.96. The van der Waals surface area contributed by atoms with Crippen molar-refractivity contribution in [1.29, 1.82) is 0 Å². The number of unbranched alkanes of at least 4 members (excludes halogenated alkanes) is 43. The van der Waals surface area contributed by atoms with Gasteiger partial charge in [0.25, 0.3) is 0 Å². The van der Waals surface area contributed by atoms with E-state index in [1.165, 1.54) is 205 Å². The molecule has 0 fully saturated rings. The monoisotopic (exact) mass is 1420 g/mol. The lowest BCUT2D eigenvalue weighted by Crippen LogP contribution is -2.30. The number of rotatable bonds is 76. The van der Waals surface area contributed by atoms with Crippen molar-refractivity contribution in [2.75, 3.05) is 39.6 Å². The van der Waals surface area contributed by atoms with Gasteiger partial charge in [-0.2, -0.15) is 0 Å². The average molecular weight is 1420 g/mol. The van der Waals surface area contributed by atoms with Gasteiger partial charge in [-0.25, -0.2) is 9.13 Å². The quantitative estimate of drug-likeness (QED) is 0.0222. The average Bonchev–Trinajstić information content (AvgIpc) is 1.05. The van der Waals surface area contributed by atoms with Gasteiger partial charge in [0.1, 0.15) is 19.3 Å². The van der Waals surface area contributed by atoms with Crippen molar-refractivity contribution in [3.05, 3.63) is 0 Å². The summed E-state index contributed by atoms with van der Waals surface area (Å²) in [6, 6.07) is 0. The summed E-state index contributed by atoms with van der Waals surface area (Å²) in [5.74, 6) is 0.153. The van der Waals surface area contributed by atoms with Gasteiger partial charge < -0.3 is 33.8 Å². The Hall–Kier alpha value is -1.94. The van der Waals surface area contributed by atoms with E-state index in [-0.39, 0.29) is 25.7 Å². The zero-order valence-corrected chi connectivity index (χ0v) is 65.3. The zero-order valence-electron chi connectivity index (χ0n) is 63.5. The summed E-state index contributed by atoms with van der Waals surface area (Å²) < 4.78 is 68.6. The third-order valence-electron chi connectivity index (χ3n) is 18.5. The molecule has 0 aliphatic heterocycles. The van der Waals surface area contributed by atoms with Crippen LogP contribution in [0.2, 0.25) is 0 Å². The topological polar surface area (TPSA) is 237 Å². The van der Waals surface area contributed by atoms with Crippen LogP contribution in [0, 0.1) is 17.8 Å². The summed E-state index contributed by atoms with van der Waals surface area (Å²) in [6.07, 6.45) is 55.6. The third-order valence-corrected chi connectivity index (χ3v) is 20.4. The van der Waals surface area contributed by atoms with Crippen LogP contribution in [0.1, 0.15) is 402 Å². The van der Waals surface area contributed by atoms with Crippen LogP contribution >= 0.6 is 15.6 Å². The molecule has 0 aliphatic rings. The maximum Gasteiger partial charge on any atom is 0.472 e. The van der Waals surface area contributed by atoms with Crippen molar-refractivity contribution in [2.24, 2.45) is 17.8 Å². The lowest BCUT2D eigenvalue weighted by atomic mass is 10.00. The second kappa shape index (κ2) is 68.5. The van der Waals surface area contributed by atoms with Crippen LogP contribution in [-0.4, -0.2) is 96.7 Å². The second-order valence-corrected chi connectivity index (χ2v) is 32.2. The van der Waals surface area contributed by atoms with Crippen molar-refractivity contribution < 1.29 is 80.2 Å². The minimum absolute atomic E-state index is 0.104. The fourth-order valence-electron chi connectivity index (χ4n) is 11.9. The maximum absolute atomic E-state index is 13.1. The molecule has 97 heavy (non-hydrogen) atoms. The normalized spacial score (nSPS) is 14.3. The van der Waals surface area contributed by atoms with Gasteiger partial charge in [-0.1, -0.05) is 350 Å². The smallest absolute Gasteiger partial charge is 0.462 e. The molecule has 0 saturated heterocycles. The Morgan fingerprint density at radius 3 is 0.784 bits per heavy atom. The highest BCUT2D eigenvalue weighted by Crippen LogP contribution is 2.45. The second-order valence-electron chi connectivity index (χ2n) is 29.3. The van der Waals surface area contributed by atoms with Gasteiger partial charge >= 0.3 is 39.5 Å². The molecular formula is C78H152O17P2. The molecule has 17 nitrogen and oxygen atoms in total. The van der Waals surface area contributed by atoms with Crippen LogP contribution in [0.25, 0.3) is 0 Å². The number of phosphoric acid groups is 2. The molecule has 0 aliphatic carbocycles. The summed E-state index contributed by atoms with van der Waals surface area (Å²) in [4.78, 5) is 72.9. The molecule has 0 aromatic rings. The first-order chi connectivity index (χ1) is 46.8. The SMILES string of the molecule is CCCCCCCCCCCCCCCCCCCC(=O)OC[C@H](COP(=O)(O)OC[C@@H](O)COP(=O)(O)OC[C@@H](COC(=O)CCCCCCCCC(C)CC)OC(=O)CCCCCCCCCCCC(C)C)OC(=O)CCCCCCCCCCCCCCCCCC(C)C. The van der Waals surface area contributed by atoms with Crippen molar-refractivity contribution in [2.45, 2.75) is 420 Å². The maximum atomic E-state index is 13.1. The van der Waals surface area contributed by atoms with Crippen LogP contribution in [-0.2, 0) is 65.4 Å². The van der Waals surface area contributed by atoms with Gasteiger partial charge in [-0.05, 0) is 43.4 Å². The summed E-state index contributed by atoms with van der Waals surface area (Å²) in [7, 11) is -9.92. The van der Waals surface area contributed by atoms with Crippen LogP contribution in [0.5, 0.6) is 0 Å². The first-order valence-corrected chi connectivity index (χ1v) is 43.4. The van der Waals surface area contributed by atoms with Crippen molar-refractivity contribution in [1.82, 2.24) is 0 Å². The van der Waals surface area contributed by atoms with Gasteiger partial charge in [0, 0.05) is 25.7 Å². The van der Waals surface area contributed by atoms with Crippen molar-refractivity contribution in [3.63, 3.8) is 0 Å². The molecule has 0 aromatic heterocycles. The van der Waals surface area contributed by atoms with Gasteiger partial charge in [-0.15, -0.1) is 0 Å². The molecule has 19 heteroatoms. The molecule has 0 aromatic carbocycles. The third kappa shape index (κ3) is 70.9. The van der Waals surface area contributed by atoms with Gasteiger partial charge in [0.15, 0.2) is 12.2 Å². The number of aliphatic hydroxyl groups excluding tert-OH is 1. The van der Waals surface area contributed by atoms with Crippen LogP contribution < -0.4 is 0 Å². The lowest BCUT2D eigenvalue weighted by molar-refractivity contribution is -0.161. The van der Waals surface area contributed by atoms with E-state index in [1.54, 1.807) is 0 Å². The predicted molar refractivity (Wildman–Crippen MR) is 395 cm³/mol. The number of hydrogen-bond donors (Lipinski definition) is 3. The Morgan fingerprint density at radius 2 is 0.526 bits per heavy atom. The molecule has 576 valence electrons. The number of ether oxygens (including phenoxy) is 4. The highest BCUT2D eigenvalue weighted by Gasteiger charge is 2.30. The highest BCUT2D eigenvalue weighted by atomic mass is 31.2. The van der Waals surface area contributed by atoms with E-state index in [0.717, 1.165) is 114 Å². The molecular weight excluding hydrogens is 1270 g/mol. The van der Waals surface area contributed by atoms with E-state index < -0.39 is 97.5 Å². The van der Waals surface area contributed by atoms with Crippen molar-refractivity contribution >= 4 is 39.5 Å². The summed E-state index contributed by atoms with van der Waals surface area (Å²) >= 11 is 0. The Kier molecular flexibility index (Phi) is 67.1. The van der Waals surface area contributed by atoms with Crippen molar-refractivity contribution in [3.8, 4) is 0 Å². The number of esters is 4. The van der Waals surface area contributed by atoms with E-state index >= 15 is 0 Å².